The molecule has 4 nitrogen and oxygen atoms in total. The molecular weight excluding hydrogens is 248 g/mol. The van der Waals surface area contributed by atoms with Crippen molar-refractivity contribution in [1.29, 1.82) is 0 Å². The molecule has 0 unspecified atom stereocenters. The summed E-state index contributed by atoms with van der Waals surface area (Å²) < 4.78 is 0. The largest absolute Gasteiger partial charge is 1.00 e. The molecule has 4 N–H and O–H groups in total. The minimum absolute atomic E-state index is 0. The minimum atomic E-state index is -2.33. The van der Waals surface area contributed by atoms with Crippen molar-refractivity contribution in [2.75, 3.05) is 0 Å². The smallest absolute Gasteiger partial charge is 0 e. The van der Waals surface area contributed by atoms with Crippen molar-refractivity contribution in [2.24, 2.45) is 0 Å². The summed E-state index contributed by atoms with van der Waals surface area (Å²) >= 11 is 0. The van der Waals surface area contributed by atoms with Gasteiger partial charge < -0.3 is 33.6 Å². The first-order valence-corrected chi connectivity index (χ1v) is 0.612. The summed E-state index contributed by atoms with van der Waals surface area (Å²) in [5, 5.41) is 16.7. The molecule has 7 heavy (non-hydrogen) atoms. The number of rotatable bonds is 0. The van der Waals surface area contributed by atoms with E-state index in [1.165, 1.54) is 0 Å². The molecule has 0 spiro atoms. The topological polar surface area (TPSA) is 99.7 Å². The fourth-order valence-electron chi connectivity index (χ4n) is 0. The molecule has 0 fully saturated rings. The van der Waals surface area contributed by atoms with Crippen LogP contribution in [-0.2, 0) is 0 Å². The van der Waals surface area contributed by atoms with Gasteiger partial charge >= 0.3 is 0 Å². The first-order valence-electron chi connectivity index (χ1n) is 0.612. The second kappa shape index (κ2) is 15.9. The number of carbonyl (C=O) groups excluding carboxylic acids is 1. The number of halogens is 1. The standard InChI is InChI=1S/CH2O3.ClH.La.H3N/c2-1(3)4;;;/h(H2,2,3,4);1H;;1H3/p-2. The van der Waals surface area contributed by atoms with E-state index >= 15 is 0 Å². The van der Waals surface area contributed by atoms with Gasteiger partial charge in [0.25, 0.3) is 0 Å². The van der Waals surface area contributed by atoms with Crippen LogP contribution < -0.4 is 28.8 Å². The predicted molar refractivity (Wildman–Crippen MR) is 11.4 cm³/mol. The predicted octanol–water partition coefficient (Wildman–Crippen LogP) is -5.07. The Balaban J connectivity index is -0.0000000150. The molecule has 1 radical (unpaired) electrons. The van der Waals surface area contributed by atoms with Gasteiger partial charge in [0.05, 0.1) is 0 Å². The molecule has 0 aliphatic heterocycles. The zero-order valence-corrected chi connectivity index (χ0v) is 8.06. The second-order valence-electron chi connectivity index (χ2n) is 0.250. The Bertz CT molecular complexity index is 37.9. The maximum Gasteiger partial charge on any atom is 0 e. The van der Waals surface area contributed by atoms with Gasteiger partial charge in [0.2, 0.25) is 0 Å². The molecule has 0 atom stereocenters. The van der Waals surface area contributed by atoms with E-state index in [2.05, 4.69) is 0 Å². The summed E-state index contributed by atoms with van der Waals surface area (Å²) in [6, 6.07) is 0. The van der Waals surface area contributed by atoms with Crippen molar-refractivity contribution in [1.82, 2.24) is 6.15 Å². The Morgan fingerprint density at radius 3 is 1.29 bits per heavy atom. The van der Waals surface area contributed by atoms with Crippen molar-refractivity contribution >= 4 is 6.16 Å². The SMILES string of the molecule is O=C([O-])[O-].[Cl-].[La].[NH4+]. The Morgan fingerprint density at radius 1 is 1.29 bits per heavy atom. The van der Waals surface area contributed by atoms with Gasteiger partial charge in [0.1, 0.15) is 0 Å². The molecule has 0 aliphatic carbocycles. The molecule has 6 heteroatoms. The summed E-state index contributed by atoms with van der Waals surface area (Å²) in [5.74, 6) is 0. The third-order valence-electron chi connectivity index (χ3n) is 0. The van der Waals surface area contributed by atoms with E-state index in [9.17, 15) is 0 Å². The molecule has 0 rings (SSSR count). The average Bonchev–Trinajstić information content (AvgIpc) is 0.811. The van der Waals surface area contributed by atoms with Crippen LogP contribution in [-0.4, -0.2) is 6.16 Å². The molecule has 0 aromatic carbocycles. The first-order chi connectivity index (χ1) is 1.73. The van der Waals surface area contributed by atoms with Gasteiger partial charge in [-0.25, -0.2) is 0 Å². The molecule has 0 heterocycles. The molecule has 0 saturated carbocycles. The van der Waals surface area contributed by atoms with E-state index in [1.807, 2.05) is 0 Å². The number of hydrogen-bond donors (Lipinski definition) is 1. The Hall–Kier alpha value is 0.715. The van der Waals surface area contributed by atoms with Crippen LogP contribution in [0.3, 0.4) is 0 Å². The molecule has 0 aromatic heterocycles. The summed E-state index contributed by atoms with van der Waals surface area (Å²) in [6.07, 6.45) is -2.33. The molecule has 0 saturated heterocycles. The third kappa shape index (κ3) is 292. The normalized spacial score (nSPS) is 3.43. The first kappa shape index (κ1) is 25.2. The van der Waals surface area contributed by atoms with Crippen LogP contribution in [0.25, 0.3) is 0 Å². The molecule has 0 aromatic rings. The van der Waals surface area contributed by atoms with E-state index in [0.29, 0.717) is 0 Å². The molecule has 0 bridgehead atoms. The summed E-state index contributed by atoms with van der Waals surface area (Å²) in [6.45, 7) is 0. The fourth-order valence-corrected chi connectivity index (χ4v) is 0. The van der Waals surface area contributed by atoms with Gasteiger partial charge in [-0.1, -0.05) is 0 Å². The summed E-state index contributed by atoms with van der Waals surface area (Å²) in [5.41, 5.74) is 0. The summed E-state index contributed by atoms with van der Waals surface area (Å²) in [7, 11) is 0. The third-order valence-corrected chi connectivity index (χ3v) is 0. The molecular formula is CH4ClLaNO3-2. The summed E-state index contributed by atoms with van der Waals surface area (Å²) in [4.78, 5) is 8.33. The maximum atomic E-state index is 8.33. The van der Waals surface area contributed by atoms with E-state index in [4.69, 9.17) is 15.0 Å². The average molecular weight is 252 g/mol. The van der Waals surface area contributed by atoms with Crippen molar-refractivity contribution in [2.45, 2.75) is 0 Å². The van der Waals surface area contributed by atoms with Gasteiger partial charge in [-0.3, -0.25) is 0 Å². The quantitative estimate of drug-likeness (QED) is 0.467. The fraction of sp³-hybridized carbons (Fsp3) is 0. The Morgan fingerprint density at radius 2 is 1.29 bits per heavy atom. The van der Waals surface area contributed by atoms with Gasteiger partial charge in [0.15, 0.2) is 0 Å². The number of quaternary nitrogens is 1. The minimum Gasteiger partial charge on any atom is -1.00 e. The zero-order chi connectivity index (χ0) is 3.58. The van der Waals surface area contributed by atoms with Gasteiger partial charge in [-0.2, -0.15) is 0 Å². The van der Waals surface area contributed by atoms with Crippen LogP contribution in [0.4, 0.5) is 4.79 Å². The number of carbonyl (C=O) groups is 1. The Labute approximate surface area is 74.9 Å². The van der Waals surface area contributed by atoms with E-state index < -0.39 is 6.16 Å². The van der Waals surface area contributed by atoms with E-state index in [-0.39, 0.29) is 54.2 Å². The van der Waals surface area contributed by atoms with E-state index in [0.717, 1.165) is 0 Å². The van der Waals surface area contributed by atoms with Gasteiger partial charge in [-0.15, -0.1) is 0 Å². The van der Waals surface area contributed by atoms with Crippen molar-refractivity contribution < 1.29 is 63.0 Å². The van der Waals surface area contributed by atoms with Crippen molar-refractivity contribution in [3.63, 3.8) is 0 Å². The molecule has 43 valence electrons. The van der Waals surface area contributed by atoms with Gasteiger partial charge in [-0.05, 0) is 6.16 Å². The second-order valence-corrected chi connectivity index (χ2v) is 0.250. The monoisotopic (exact) mass is 252 g/mol. The van der Waals surface area contributed by atoms with Crippen molar-refractivity contribution in [3.05, 3.63) is 0 Å². The van der Waals surface area contributed by atoms with Crippen LogP contribution in [0.2, 0.25) is 0 Å². The van der Waals surface area contributed by atoms with Gasteiger partial charge in [0, 0.05) is 35.6 Å². The number of hydrogen-bond acceptors (Lipinski definition) is 3. The zero-order valence-electron chi connectivity index (χ0n) is 3.68. The van der Waals surface area contributed by atoms with Crippen LogP contribution in [0.5, 0.6) is 0 Å². The van der Waals surface area contributed by atoms with Crippen LogP contribution in [0.15, 0.2) is 0 Å². The number of carboxylic acid groups (broad SMARTS) is 2. The Kier molecular flexibility index (Phi) is 57.2. The maximum absolute atomic E-state index is 8.33. The molecule has 0 amide bonds. The van der Waals surface area contributed by atoms with Crippen molar-refractivity contribution in [3.8, 4) is 0 Å². The van der Waals surface area contributed by atoms with Crippen LogP contribution >= 0.6 is 0 Å². The van der Waals surface area contributed by atoms with Crippen LogP contribution in [0, 0.1) is 35.6 Å². The molecule has 0 aliphatic rings. The van der Waals surface area contributed by atoms with E-state index in [1.54, 1.807) is 0 Å². The van der Waals surface area contributed by atoms with Crippen LogP contribution in [0.1, 0.15) is 0 Å².